The van der Waals surface area contributed by atoms with Gasteiger partial charge in [0.15, 0.2) is 0 Å². The van der Waals surface area contributed by atoms with Crippen LogP contribution in [0.1, 0.15) is 32.3 Å². The van der Waals surface area contributed by atoms with Gasteiger partial charge in [0.2, 0.25) is 0 Å². The van der Waals surface area contributed by atoms with Crippen LogP contribution < -0.4 is 10.2 Å². The van der Waals surface area contributed by atoms with Crippen LogP contribution in [0.2, 0.25) is 0 Å². The standard InChI is InChI=1S/C15H24N2O/c1-12(2)17(9-10-18)15-6-4-3-5-13(15)11-16-14-7-8-14/h3-6,12,14,16,18H,7-11H2,1-2H3. The van der Waals surface area contributed by atoms with Crippen molar-refractivity contribution in [2.45, 2.75) is 45.3 Å². The van der Waals surface area contributed by atoms with Crippen LogP contribution in [-0.4, -0.2) is 30.3 Å². The van der Waals surface area contributed by atoms with Gasteiger partial charge in [-0.05, 0) is 38.3 Å². The van der Waals surface area contributed by atoms with E-state index in [9.17, 15) is 5.11 Å². The summed E-state index contributed by atoms with van der Waals surface area (Å²) in [5.74, 6) is 0. The van der Waals surface area contributed by atoms with E-state index in [1.54, 1.807) is 0 Å². The third-order valence-corrected chi connectivity index (χ3v) is 3.42. The molecular formula is C15H24N2O. The molecule has 1 aliphatic rings. The smallest absolute Gasteiger partial charge is 0.0606 e. The maximum absolute atomic E-state index is 9.21. The fourth-order valence-electron chi connectivity index (χ4n) is 2.25. The highest BCUT2D eigenvalue weighted by Crippen LogP contribution is 2.24. The van der Waals surface area contributed by atoms with Gasteiger partial charge < -0.3 is 15.3 Å². The molecular weight excluding hydrogens is 224 g/mol. The van der Waals surface area contributed by atoms with E-state index in [-0.39, 0.29) is 6.61 Å². The number of hydrogen-bond acceptors (Lipinski definition) is 3. The molecule has 0 heterocycles. The molecule has 1 aromatic carbocycles. The zero-order valence-electron chi connectivity index (χ0n) is 11.4. The Bertz CT molecular complexity index is 375. The summed E-state index contributed by atoms with van der Waals surface area (Å²) in [5.41, 5.74) is 2.57. The lowest BCUT2D eigenvalue weighted by Crippen LogP contribution is -2.34. The lowest BCUT2D eigenvalue weighted by Gasteiger charge is -2.30. The molecule has 3 heteroatoms. The van der Waals surface area contributed by atoms with Crippen molar-refractivity contribution in [3.8, 4) is 0 Å². The summed E-state index contributed by atoms with van der Waals surface area (Å²) >= 11 is 0. The quantitative estimate of drug-likeness (QED) is 0.776. The summed E-state index contributed by atoms with van der Waals surface area (Å²) in [4.78, 5) is 2.27. The molecule has 0 amide bonds. The van der Waals surface area contributed by atoms with Crippen molar-refractivity contribution < 1.29 is 5.11 Å². The van der Waals surface area contributed by atoms with Crippen LogP contribution in [0.15, 0.2) is 24.3 Å². The van der Waals surface area contributed by atoms with Gasteiger partial charge in [-0.15, -0.1) is 0 Å². The fourth-order valence-corrected chi connectivity index (χ4v) is 2.25. The molecule has 0 spiro atoms. The minimum Gasteiger partial charge on any atom is -0.395 e. The Morgan fingerprint density at radius 2 is 2.06 bits per heavy atom. The van der Waals surface area contributed by atoms with Crippen molar-refractivity contribution in [2.24, 2.45) is 0 Å². The second-order valence-corrected chi connectivity index (χ2v) is 5.29. The number of anilines is 1. The maximum atomic E-state index is 9.21. The number of aliphatic hydroxyl groups excluding tert-OH is 1. The third-order valence-electron chi connectivity index (χ3n) is 3.42. The van der Waals surface area contributed by atoms with Gasteiger partial charge in [0.05, 0.1) is 6.61 Å². The van der Waals surface area contributed by atoms with Crippen LogP contribution >= 0.6 is 0 Å². The van der Waals surface area contributed by atoms with E-state index in [4.69, 9.17) is 0 Å². The average Bonchev–Trinajstić information content (AvgIpc) is 3.18. The normalized spacial score (nSPS) is 15.1. The van der Waals surface area contributed by atoms with E-state index in [1.807, 2.05) is 0 Å². The lowest BCUT2D eigenvalue weighted by molar-refractivity contribution is 0.299. The van der Waals surface area contributed by atoms with Gasteiger partial charge in [-0.3, -0.25) is 0 Å². The molecule has 0 bridgehead atoms. The van der Waals surface area contributed by atoms with Crippen molar-refractivity contribution in [1.82, 2.24) is 5.32 Å². The fraction of sp³-hybridized carbons (Fsp3) is 0.600. The monoisotopic (exact) mass is 248 g/mol. The number of aliphatic hydroxyl groups is 1. The molecule has 1 aliphatic carbocycles. The average molecular weight is 248 g/mol. The van der Waals surface area contributed by atoms with Crippen molar-refractivity contribution in [3.63, 3.8) is 0 Å². The van der Waals surface area contributed by atoms with Crippen molar-refractivity contribution in [1.29, 1.82) is 0 Å². The number of rotatable bonds is 7. The predicted molar refractivity (Wildman–Crippen MR) is 75.9 cm³/mol. The number of hydrogen-bond donors (Lipinski definition) is 2. The van der Waals surface area contributed by atoms with Gasteiger partial charge in [0.25, 0.3) is 0 Å². The van der Waals surface area contributed by atoms with Gasteiger partial charge in [-0.1, -0.05) is 18.2 Å². The number of para-hydroxylation sites is 1. The predicted octanol–water partition coefficient (Wildman–Crippen LogP) is 2.15. The van der Waals surface area contributed by atoms with Crippen LogP contribution in [0.5, 0.6) is 0 Å². The van der Waals surface area contributed by atoms with Crippen molar-refractivity contribution in [3.05, 3.63) is 29.8 Å². The summed E-state index contributed by atoms with van der Waals surface area (Å²) in [5, 5.41) is 12.8. The molecule has 0 radical (unpaired) electrons. The summed E-state index contributed by atoms with van der Waals surface area (Å²) in [6, 6.07) is 9.62. The van der Waals surface area contributed by atoms with Gasteiger partial charge in [0, 0.05) is 30.9 Å². The molecule has 100 valence electrons. The SMILES string of the molecule is CC(C)N(CCO)c1ccccc1CNC1CC1. The highest BCUT2D eigenvalue weighted by Gasteiger charge is 2.21. The Labute approximate surface area is 110 Å². The maximum Gasteiger partial charge on any atom is 0.0606 e. The summed E-state index contributed by atoms with van der Waals surface area (Å²) in [6.07, 6.45) is 2.62. The van der Waals surface area contributed by atoms with E-state index in [2.05, 4.69) is 48.3 Å². The second-order valence-electron chi connectivity index (χ2n) is 5.29. The molecule has 2 N–H and O–H groups in total. The molecule has 2 rings (SSSR count). The summed E-state index contributed by atoms with van der Waals surface area (Å²) < 4.78 is 0. The highest BCUT2D eigenvalue weighted by molar-refractivity contribution is 5.54. The summed E-state index contributed by atoms with van der Waals surface area (Å²) in [6.45, 7) is 6.15. The van der Waals surface area contributed by atoms with E-state index < -0.39 is 0 Å². The number of benzene rings is 1. The van der Waals surface area contributed by atoms with E-state index in [0.717, 1.165) is 12.6 Å². The first kappa shape index (κ1) is 13.4. The largest absolute Gasteiger partial charge is 0.395 e. The molecule has 0 unspecified atom stereocenters. The van der Waals surface area contributed by atoms with E-state index >= 15 is 0 Å². The molecule has 1 fully saturated rings. The zero-order chi connectivity index (χ0) is 13.0. The molecule has 1 aromatic rings. The van der Waals surface area contributed by atoms with Gasteiger partial charge in [-0.25, -0.2) is 0 Å². The molecule has 3 nitrogen and oxygen atoms in total. The minimum absolute atomic E-state index is 0.197. The lowest BCUT2D eigenvalue weighted by atomic mass is 10.1. The first-order valence-corrected chi connectivity index (χ1v) is 6.91. The first-order chi connectivity index (χ1) is 8.72. The van der Waals surface area contributed by atoms with Crippen LogP contribution in [0.25, 0.3) is 0 Å². The molecule has 0 aliphatic heterocycles. The molecule has 0 saturated heterocycles. The Morgan fingerprint density at radius 3 is 2.67 bits per heavy atom. The Hall–Kier alpha value is -1.06. The molecule has 0 aromatic heterocycles. The van der Waals surface area contributed by atoms with Gasteiger partial charge in [-0.2, -0.15) is 0 Å². The second kappa shape index (κ2) is 6.21. The van der Waals surface area contributed by atoms with Crippen molar-refractivity contribution in [2.75, 3.05) is 18.1 Å². The van der Waals surface area contributed by atoms with E-state index in [1.165, 1.54) is 24.1 Å². The highest BCUT2D eigenvalue weighted by atomic mass is 16.3. The van der Waals surface area contributed by atoms with Crippen LogP contribution in [0.4, 0.5) is 5.69 Å². The minimum atomic E-state index is 0.197. The molecule has 18 heavy (non-hydrogen) atoms. The topological polar surface area (TPSA) is 35.5 Å². The van der Waals surface area contributed by atoms with Crippen molar-refractivity contribution >= 4 is 5.69 Å². The van der Waals surface area contributed by atoms with Gasteiger partial charge >= 0.3 is 0 Å². The molecule has 0 atom stereocenters. The zero-order valence-corrected chi connectivity index (χ0v) is 11.4. The number of nitrogens with zero attached hydrogens (tertiary/aromatic N) is 1. The van der Waals surface area contributed by atoms with Crippen LogP contribution in [-0.2, 0) is 6.54 Å². The Morgan fingerprint density at radius 1 is 1.33 bits per heavy atom. The van der Waals surface area contributed by atoms with Gasteiger partial charge in [0.1, 0.15) is 0 Å². The van der Waals surface area contributed by atoms with Crippen LogP contribution in [0, 0.1) is 0 Å². The Kier molecular flexibility index (Phi) is 4.61. The third kappa shape index (κ3) is 3.47. The van der Waals surface area contributed by atoms with E-state index in [0.29, 0.717) is 12.6 Å². The molecule has 1 saturated carbocycles. The number of nitrogens with one attached hydrogen (secondary N) is 1. The van der Waals surface area contributed by atoms with Crippen LogP contribution in [0.3, 0.4) is 0 Å². The Balaban J connectivity index is 2.12. The first-order valence-electron chi connectivity index (χ1n) is 6.91. The summed E-state index contributed by atoms with van der Waals surface area (Å²) in [7, 11) is 0.